The predicted octanol–water partition coefficient (Wildman–Crippen LogP) is 5.10. The summed E-state index contributed by atoms with van der Waals surface area (Å²) in [6.45, 7) is 6.78. The van der Waals surface area contributed by atoms with Crippen LogP contribution in [0.1, 0.15) is 32.4 Å². The molecule has 0 spiro atoms. The second-order valence-corrected chi connectivity index (χ2v) is 10.9. The third-order valence-corrected chi connectivity index (χ3v) is 7.35. The highest BCUT2D eigenvalue weighted by atomic mass is 16.6. The Morgan fingerprint density at radius 3 is 2.74 bits per heavy atom. The van der Waals surface area contributed by atoms with E-state index in [1.54, 1.807) is 25.4 Å². The number of ether oxygens (including phenoxy) is 1. The van der Waals surface area contributed by atoms with Crippen LogP contribution in [0.5, 0.6) is 5.75 Å². The van der Waals surface area contributed by atoms with Gasteiger partial charge in [-0.25, -0.2) is 4.98 Å². The standard InChI is InChI=1S/C28H35N7O3/c1-28(2)18-34(22-9-6-11-30-27(22)28)19-10-12-29-26(14-19)31-21-15-24(35(36)37)23(16-25(21)38-5)33-13-7-8-20(33)17-32(3)4/h6,9-12,14-16,20H,7-8,13,17-18H2,1-5H3,(H,29,31). The summed E-state index contributed by atoms with van der Waals surface area (Å²) in [4.78, 5) is 27.5. The van der Waals surface area contributed by atoms with Crippen molar-refractivity contribution in [1.29, 1.82) is 0 Å². The number of pyridine rings is 2. The summed E-state index contributed by atoms with van der Waals surface area (Å²) < 4.78 is 5.70. The summed E-state index contributed by atoms with van der Waals surface area (Å²) in [5.41, 5.74) is 4.16. The first kappa shape index (κ1) is 25.7. The molecular formula is C28H35N7O3. The summed E-state index contributed by atoms with van der Waals surface area (Å²) in [7, 11) is 5.63. The molecule has 1 saturated heterocycles. The van der Waals surface area contributed by atoms with Crippen molar-refractivity contribution in [3.63, 3.8) is 0 Å². The molecule has 2 aliphatic rings. The van der Waals surface area contributed by atoms with Gasteiger partial charge in [-0.05, 0) is 45.1 Å². The van der Waals surface area contributed by atoms with E-state index in [4.69, 9.17) is 4.74 Å². The van der Waals surface area contributed by atoms with Gasteiger partial charge >= 0.3 is 0 Å². The number of anilines is 5. The highest BCUT2D eigenvalue weighted by Crippen LogP contribution is 2.44. The molecule has 1 aromatic carbocycles. The fourth-order valence-corrected chi connectivity index (χ4v) is 5.68. The van der Waals surface area contributed by atoms with Crippen LogP contribution in [0.4, 0.5) is 34.3 Å². The van der Waals surface area contributed by atoms with Crippen molar-refractivity contribution in [1.82, 2.24) is 14.9 Å². The molecule has 1 unspecified atom stereocenters. The van der Waals surface area contributed by atoms with E-state index >= 15 is 0 Å². The Labute approximate surface area is 223 Å². The Kier molecular flexibility index (Phi) is 6.83. The number of likely N-dealkylation sites (N-methyl/N-ethyl adjacent to an activating group) is 1. The van der Waals surface area contributed by atoms with Crippen molar-refractivity contribution >= 4 is 34.3 Å². The molecule has 200 valence electrons. The van der Waals surface area contributed by atoms with Crippen molar-refractivity contribution in [3.8, 4) is 5.75 Å². The number of hydrogen-bond donors (Lipinski definition) is 1. The van der Waals surface area contributed by atoms with Crippen LogP contribution in [0.3, 0.4) is 0 Å². The number of nitrogens with zero attached hydrogens (tertiary/aromatic N) is 6. The van der Waals surface area contributed by atoms with Crippen LogP contribution in [-0.4, -0.2) is 66.7 Å². The molecule has 10 heteroatoms. The SMILES string of the molecule is COc1cc(N2CCCC2CN(C)C)c([N+](=O)[O-])cc1Nc1cc(N2CC(C)(C)c3ncccc32)ccn1. The van der Waals surface area contributed by atoms with Gasteiger partial charge in [0.2, 0.25) is 0 Å². The lowest BCUT2D eigenvalue weighted by Gasteiger charge is -2.29. The molecule has 0 radical (unpaired) electrons. The summed E-state index contributed by atoms with van der Waals surface area (Å²) >= 11 is 0. The van der Waals surface area contributed by atoms with Crippen LogP contribution in [-0.2, 0) is 5.41 Å². The maximum absolute atomic E-state index is 12.2. The molecule has 2 aliphatic heterocycles. The number of benzene rings is 1. The molecule has 10 nitrogen and oxygen atoms in total. The van der Waals surface area contributed by atoms with Gasteiger partial charge in [0.05, 0.1) is 29.1 Å². The normalized spacial score (nSPS) is 18.1. The molecule has 38 heavy (non-hydrogen) atoms. The van der Waals surface area contributed by atoms with Crippen LogP contribution < -0.4 is 19.9 Å². The van der Waals surface area contributed by atoms with Crippen LogP contribution in [0.2, 0.25) is 0 Å². The summed E-state index contributed by atoms with van der Waals surface area (Å²) in [6.07, 6.45) is 5.57. The smallest absolute Gasteiger partial charge is 0.294 e. The van der Waals surface area contributed by atoms with E-state index in [-0.39, 0.29) is 22.1 Å². The minimum atomic E-state index is -0.314. The second kappa shape index (κ2) is 10.1. The Morgan fingerprint density at radius 2 is 2.00 bits per heavy atom. The Morgan fingerprint density at radius 1 is 1.18 bits per heavy atom. The first-order valence-corrected chi connectivity index (χ1v) is 12.9. The van der Waals surface area contributed by atoms with Gasteiger partial charge in [-0.15, -0.1) is 0 Å². The number of aromatic nitrogens is 2. The molecule has 1 N–H and O–H groups in total. The zero-order valence-corrected chi connectivity index (χ0v) is 22.6. The number of methoxy groups -OCH3 is 1. The molecule has 0 aliphatic carbocycles. The van der Waals surface area contributed by atoms with Crippen molar-refractivity contribution < 1.29 is 9.66 Å². The fourth-order valence-electron chi connectivity index (χ4n) is 5.68. The molecule has 1 fully saturated rings. The van der Waals surface area contributed by atoms with E-state index in [1.165, 1.54) is 0 Å². The highest BCUT2D eigenvalue weighted by molar-refractivity contribution is 5.79. The van der Waals surface area contributed by atoms with Gasteiger partial charge in [-0.3, -0.25) is 15.1 Å². The number of nitro benzene ring substituents is 1. The highest BCUT2D eigenvalue weighted by Gasteiger charge is 2.37. The summed E-state index contributed by atoms with van der Waals surface area (Å²) in [6, 6.07) is 11.5. The van der Waals surface area contributed by atoms with Crippen molar-refractivity contribution in [2.75, 3.05) is 56.0 Å². The van der Waals surface area contributed by atoms with E-state index in [1.807, 2.05) is 38.5 Å². The van der Waals surface area contributed by atoms with Gasteiger partial charge in [0.25, 0.3) is 5.69 Å². The van der Waals surface area contributed by atoms with E-state index < -0.39 is 0 Å². The molecule has 0 saturated carbocycles. The van der Waals surface area contributed by atoms with Crippen LogP contribution >= 0.6 is 0 Å². The minimum absolute atomic E-state index is 0.0522. The largest absolute Gasteiger partial charge is 0.494 e. The van der Waals surface area contributed by atoms with Gasteiger partial charge in [-0.2, -0.15) is 0 Å². The van der Waals surface area contributed by atoms with E-state index in [0.29, 0.717) is 22.9 Å². The van der Waals surface area contributed by atoms with Crippen molar-refractivity contribution in [3.05, 3.63) is 64.6 Å². The number of fused-ring (bicyclic) bond motifs is 1. The molecule has 5 rings (SSSR count). The van der Waals surface area contributed by atoms with E-state index in [0.717, 1.165) is 49.5 Å². The number of hydrogen-bond acceptors (Lipinski definition) is 9. The molecule has 2 aromatic heterocycles. The molecule has 0 amide bonds. The lowest BCUT2D eigenvalue weighted by Crippen LogP contribution is -2.37. The zero-order chi connectivity index (χ0) is 27.0. The first-order valence-electron chi connectivity index (χ1n) is 12.9. The second-order valence-electron chi connectivity index (χ2n) is 10.9. The summed E-state index contributed by atoms with van der Waals surface area (Å²) in [5.74, 6) is 1.11. The minimum Gasteiger partial charge on any atom is -0.494 e. The molecule has 1 atom stereocenters. The monoisotopic (exact) mass is 517 g/mol. The van der Waals surface area contributed by atoms with Crippen molar-refractivity contribution in [2.45, 2.75) is 38.1 Å². The lowest BCUT2D eigenvalue weighted by atomic mass is 9.91. The van der Waals surface area contributed by atoms with Gasteiger partial charge in [0.15, 0.2) is 0 Å². The van der Waals surface area contributed by atoms with Gasteiger partial charge in [-0.1, -0.05) is 13.8 Å². The molecule has 3 aromatic rings. The van der Waals surface area contributed by atoms with Gasteiger partial charge in [0, 0.05) is 67.4 Å². The number of rotatable bonds is 8. The topological polar surface area (TPSA) is 99.9 Å². The molecular weight excluding hydrogens is 482 g/mol. The quantitative estimate of drug-likeness (QED) is 0.323. The average Bonchev–Trinajstić information content (AvgIpc) is 3.45. The van der Waals surface area contributed by atoms with Gasteiger partial charge in [0.1, 0.15) is 17.3 Å². The fraction of sp³-hybridized carbons (Fsp3) is 0.429. The average molecular weight is 518 g/mol. The lowest BCUT2D eigenvalue weighted by molar-refractivity contribution is -0.384. The third kappa shape index (κ3) is 4.83. The van der Waals surface area contributed by atoms with E-state index in [9.17, 15) is 10.1 Å². The van der Waals surface area contributed by atoms with Crippen LogP contribution in [0.25, 0.3) is 0 Å². The Bertz CT molecular complexity index is 1340. The maximum Gasteiger partial charge on any atom is 0.294 e. The molecule has 0 bridgehead atoms. The Balaban J connectivity index is 1.47. The maximum atomic E-state index is 12.2. The Hall–Kier alpha value is -3.92. The molecule has 4 heterocycles. The van der Waals surface area contributed by atoms with Crippen LogP contribution in [0.15, 0.2) is 48.8 Å². The predicted molar refractivity (Wildman–Crippen MR) is 150 cm³/mol. The van der Waals surface area contributed by atoms with Crippen molar-refractivity contribution in [2.24, 2.45) is 0 Å². The van der Waals surface area contributed by atoms with Crippen LogP contribution in [0, 0.1) is 10.1 Å². The third-order valence-electron chi connectivity index (χ3n) is 7.35. The van der Waals surface area contributed by atoms with Gasteiger partial charge < -0.3 is 24.8 Å². The van der Waals surface area contributed by atoms with E-state index in [2.05, 4.69) is 49.9 Å². The summed E-state index contributed by atoms with van der Waals surface area (Å²) in [5, 5.41) is 15.5. The number of nitro groups is 1. The first-order chi connectivity index (χ1) is 18.2. The number of nitrogens with one attached hydrogen (secondary N) is 1. The zero-order valence-electron chi connectivity index (χ0n) is 22.6.